The Morgan fingerprint density at radius 2 is 1.81 bits per heavy atom. The third-order valence-electron chi connectivity index (χ3n) is 3.21. The van der Waals surface area contributed by atoms with Crippen molar-refractivity contribution >= 4 is 11.9 Å². The molecule has 0 unspecified atom stereocenters. The van der Waals surface area contributed by atoms with Crippen molar-refractivity contribution in [1.29, 1.82) is 0 Å². The normalized spacial score (nSPS) is 20.2. The van der Waals surface area contributed by atoms with Gasteiger partial charge < -0.3 is 10.4 Å². The van der Waals surface area contributed by atoms with Crippen LogP contribution in [0.4, 0.5) is 4.79 Å². The van der Waals surface area contributed by atoms with E-state index < -0.39 is 17.2 Å². The van der Waals surface area contributed by atoms with E-state index in [0.717, 1.165) is 4.90 Å². The van der Waals surface area contributed by atoms with Crippen LogP contribution >= 0.6 is 0 Å². The van der Waals surface area contributed by atoms with Crippen LogP contribution < -0.4 is 5.32 Å². The zero-order chi connectivity index (χ0) is 12.6. The summed E-state index contributed by atoms with van der Waals surface area (Å²) in [5.74, 6) is -0.280. The Hall–Kier alpha value is -1.10. The second-order valence-electron chi connectivity index (χ2n) is 4.88. The predicted molar refractivity (Wildman–Crippen MR) is 59.9 cm³/mol. The van der Waals surface area contributed by atoms with E-state index in [-0.39, 0.29) is 12.5 Å². The molecule has 3 amide bonds. The van der Waals surface area contributed by atoms with E-state index in [1.54, 1.807) is 13.8 Å². The molecule has 0 aromatic heterocycles. The monoisotopic (exact) mass is 228 g/mol. The average molecular weight is 228 g/mol. The van der Waals surface area contributed by atoms with Crippen molar-refractivity contribution in [2.75, 3.05) is 6.54 Å². The van der Waals surface area contributed by atoms with Crippen LogP contribution in [-0.4, -0.2) is 39.6 Å². The number of hydrogen-bond acceptors (Lipinski definition) is 3. The highest BCUT2D eigenvalue weighted by Crippen LogP contribution is 2.22. The van der Waals surface area contributed by atoms with Gasteiger partial charge in [0.1, 0.15) is 5.54 Å². The maximum atomic E-state index is 11.9. The number of carbonyl (C=O) groups excluding carboxylic acids is 2. The van der Waals surface area contributed by atoms with Gasteiger partial charge in [-0.2, -0.15) is 0 Å². The Balaban J connectivity index is 2.83. The van der Waals surface area contributed by atoms with Crippen molar-refractivity contribution in [3.05, 3.63) is 0 Å². The molecule has 16 heavy (non-hydrogen) atoms. The van der Waals surface area contributed by atoms with Gasteiger partial charge in [-0.05, 0) is 26.7 Å². The number of imide groups is 1. The van der Waals surface area contributed by atoms with Crippen molar-refractivity contribution in [3.63, 3.8) is 0 Å². The van der Waals surface area contributed by atoms with Gasteiger partial charge in [0.25, 0.3) is 5.91 Å². The van der Waals surface area contributed by atoms with Gasteiger partial charge in [-0.3, -0.25) is 9.69 Å². The van der Waals surface area contributed by atoms with Gasteiger partial charge in [0, 0.05) is 0 Å². The summed E-state index contributed by atoms with van der Waals surface area (Å²) in [5.41, 5.74) is -1.84. The highest BCUT2D eigenvalue weighted by atomic mass is 16.3. The van der Waals surface area contributed by atoms with E-state index in [2.05, 4.69) is 5.32 Å². The van der Waals surface area contributed by atoms with E-state index >= 15 is 0 Å². The lowest BCUT2D eigenvalue weighted by Gasteiger charge is -2.29. The molecular formula is C11H20N2O3. The quantitative estimate of drug-likeness (QED) is 0.701. The number of aliphatic hydroxyl groups is 1. The Morgan fingerprint density at radius 3 is 2.12 bits per heavy atom. The zero-order valence-corrected chi connectivity index (χ0v) is 10.3. The molecule has 1 fully saturated rings. The summed E-state index contributed by atoms with van der Waals surface area (Å²) >= 11 is 0. The van der Waals surface area contributed by atoms with Crippen LogP contribution in [-0.2, 0) is 4.79 Å². The summed E-state index contributed by atoms with van der Waals surface area (Å²) in [7, 11) is 0. The van der Waals surface area contributed by atoms with Crippen LogP contribution in [0.25, 0.3) is 0 Å². The molecule has 1 heterocycles. The van der Waals surface area contributed by atoms with Crippen molar-refractivity contribution in [2.45, 2.75) is 51.7 Å². The molecule has 1 rings (SSSR count). The molecule has 0 atom stereocenters. The first-order chi connectivity index (χ1) is 7.25. The van der Waals surface area contributed by atoms with Crippen molar-refractivity contribution in [2.24, 2.45) is 0 Å². The fourth-order valence-electron chi connectivity index (χ4n) is 1.73. The Kier molecular flexibility index (Phi) is 3.28. The van der Waals surface area contributed by atoms with Crippen LogP contribution in [0.1, 0.15) is 40.5 Å². The van der Waals surface area contributed by atoms with Crippen LogP contribution in [0.5, 0.6) is 0 Å². The molecule has 92 valence electrons. The standard InChI is InChI=1S/C11H20N2O3/c1-5-11(16,6-2)7-13-8(14)10(3,4)12-9(13)15/h16H,5-7H2,1-4H3,(H,12,15). The number of rotatable bonds is 4. The first-order valence-corrected chi connectivity index (χ1v) is 5.62. The van der Waals surface area contributed by atoms with Crippen molar-refractivity contribution < 1.29 is 14.7 Å². The maximum absolute atomic E-state index is 11.9. The molecule has 1 saturated heterocycles. The van der Waals surface area contributed by atoms with Gasteiger partial charge in [0.05, 0.1) is 12.1 Å². The van der Waals surface area contributed by atoms with Gasteiger partial charge in [-0.1, -0.05) is 13.8 Å². The lowest BCUT2D eigenvalue weighted by atomic mass is 9.96. The molecule has 0 spiro atoms. The third kappa shape index (κ3) is 2.19. The molecule has 0 bridgehead atoms. The SMILES string of the molecule is CCC(O)(CC)CN1C(=O)NC(C)(C)C1=O. The number of hydrogen-bond donors (Lipinski definition) is 2. The molecular weight excluding hydrogens is 208 g/mol. The molecule has 1 aliphatic rings. The molecule has 0 aliphatic carbocycles. The molecule has 2 N–H and O–H groups in total. The van der Waals surface area contributed by atoms with Gasteiger partial charge >= 0.3 is 6.03 Å². The number of amides is 3. The van der Waals surface area contributed by atoms with E-state index in [4.69, 9.17) is 0 Å². The first-order valence-electron chi connectivity index (χ1n) is 5.62. The first kappa shape index (κ1) is 13.0. The van der Waals surface area contributed by atoms with Gasteiger partial charge in [0.15, 0.2) is 0 Å². The minimum Gasteiger partial charge on any atom is -0.388 e. The maximum Gasteiger partial charge on any atom is 0.325 e. The van der Waals surface area contributed by atoms with Crippen LogP contribution in [0.2, 0.25) is 0 Å². The minimum atomic E-state index is -0.979. The fraction of sp³-hybridized carbons (Fsp3) is 0.818. The summed E-state index contributed by atoms with van der Waals surface area (Å²) in [4.78, 5) is 24.6. The fourth-order valence-corrected chi connectivity index (χ4v) is 1.73. The van der Waals surface area contributed by atoms with E-state index in [9.17, 15) is 14.7 Å². The Labute approximate surface area is 95.8 Å². The highest BCUT2D eigenvalue weighted by molar-refractivity contribution is 6.06. The smallest absolute Gasteiger partial charge is 0.325 e. The van der Waals surface area contributed by atoms with Gasteiger partial charge in [-0.15, -0.1) is 0 Å². The second kappa shape index (κ2) is 4.05. The molecule has 0 aromatic rings. The molecule has 0 radical (unpaired) electrons. The molecule has 5 nitrogen and oxygen atoms in total. The van der Waals surface area contributed by atoms with Gasteiger partial charge in [0.2, 0.25) is 0 Å². The minimum absolute atomic E-state index is 0.0636. The molecule has 0 aromatic carbocycles. The predicted octanol–water partition coefficient (Wildman–Crippen LogP) is 0.868. The lowest BCUT2D eigenvalue weighted by molar-refractivity contribution is -0.133. The zero-order valence-electron chi connectivity index (χ0n) is 10.3. The number of urea groups is 1. The van der Waals surface area contributed by atoms with Crippen molar-refractivity contribution in [3.8, 4) is 0 Å². The number of nitrogens with one attached hydrogen (secondary N) is 1. The number of nitrogens with zero attached hydrogens (tertiary/aromatic N) is 1. The molecule has 1 aliphatic heterocycles. The van der Waals surface area contributed by atoms with E-state index in [0.29, 0.717) is 12.8 Å². The summed E-state index contributed by atoms with van der Waals surface area (Å²) < 4.78 is 0. The number of carbonyl (C=O) groups is 2. The molecule has 0 saturated carbocycles. The second-order valence-corrected chi connectivity index (χ2v) is 4.88. The Bertz CT molecular complexity index is 308. The topological polar surface area (TPSA) is 69.6 Å². The highest BCUT2D eigenvalue weighted by Gasteiger charge is 2.46. The summed E-state index contributed by atoms with van der Waals surface area (Å²) in [6.45, 7) is 7.06. The summed E-state index contributed by atoms with van der Waals surface area (Å²) in [6.07, 6.45) is 1.03. The average Bonchev–Trinajstić information content (AvgIpc) is 2.40. The Morgan fingerprint density at radius 1 is 1.31 bits per heavy atom. The number of β-amino-alcohol motifs (C(OH)–C–C–N with tert-alkyl or cyclic N) is 1. The van der Waals surface area contributed by atoms with E-state index in [1.165, 1.54) is 0 Å². The van der Waals surface area contributed by atoms with Crippen LogP contribution in [0.15, 0.2) is 0 Å². The lowest BCUT2D eigenvalue weighted by Crippen LogP contribution is -2.46. The third-order valence-corrected chi connectivity index (χ3v) is 3.21. The van der Waals surface area contributed by atoms with Crippen LogP contribution in [0, 0.1) is 0 Å². The van der Waals surface area contributed by atoms with Gasteiger partial charge in [-0.25, -0.2) is 4.79 Å². The largest absolute Gasteiger partial charge is 0.388 e. The summed E-state index contributed by atoms with van der Waals surface area (Å²) in [6, 6.07) is -0.421. The van der Waals surface area contributed by atoms with Crippen molar-refractivity contribution in [1.82, 2.24) is 10.2 Å². The van der Waals surface area contributed by atoms with E-state index in [1.807, 2.05) is 13.8 Å². The summed E-state index contributed by atoms with van der Waals surface area (Å²) in [5, 5.41) is 12.7. The molecule has 5 heteroatoms. The van der Waals surface area contributed by atoms with Crippen LogP contribution in [0.3, 0.4) is 0 Å².